The maximum absolute atomic E-state index is 5.05. The third kappa shape index (κ3) is 2.97. The number of nitrogens with one attached hydrogen (secondary N) is 1. The van der Waals surface area contributed by atoms with Gasteiger partial charge in [0.2, 0.25) is 0 Å². The number of methoxy groups -OCH3 is 2. The van der Waals surface area contributed by atoms with Crippen molar-refractivity contribution in [3.8, 4) is 0 Å². The first-order valence-corrected chi connectivity index (χ1v) is 4.61. The Balaban J connectivity index is 2.25. The quantitative estimate of drug-likeness (QED) is 0.655. The van der Waals surface area contributed by atoms with Crippen molar-refractivity contribution in [1.29, 1.82) is 0 Å². The van der Waals surface area contributed by atoms with Crippen LogP contribution in [0.15, 0.2) is 4.99 Å². The maximum Gasteiger partial charge on any atom is 0.173 e. The van der Waals surface area contributed by atoms with Gasteiger partial charge in [-0.05, 0) is 6.42 Å². The number of ether oxygens (including phenoxy) is 2. The van der Waals surface area contributed by atoms with Crippen LogP contribution in [0.1, 0.15) is 13.3 Å². The van der Waals surface area contributed by atoms with Crippen LogP contribution in [0.2, 0.25) is 0 Å². The molecule has 4 heteroatoms. The molecule has 1 N–H and O–H groups in total. The molecule has 0 radical (unpaired) electrons. The first-order valence-electron chi connectivity index (χ1n) is 4.61. The van der Waals surface area contributed by atoms with Gasteiger partial charge in [0, 0.05) is 26.7 Å². The summed E-state index contributed by atoms with van der Waals surface area (Å²) < 4.78 is 10.1. The van der Waals surface area contributed by atoms with Crippen molar-refractivity contribution in [3.63, 3.8) is 0 Å². The highest BCUT2D eigenvalue weighted by molar-refractivity contribution is 5.85. The Labute approximate surface area is 79.3 Å². The van der Waals surface area contributed by atoms with E-state index in [0.717, 1.165) is 18.8 Å². The third-order valence-corrected chi connectivity index (χ3v) is 2.29. The monoisotopic (exact) mass is 186 g/mol. The van der Waals surface area contributed by atoms with Crippen molar-refractivity contribution in [2.75, 3.05) is 27.3 Å². The van der Waals surface area contributed by atoms with Crippen molar-refractivity contribution in [2.45, 2.75) is 19.6 Å². The van der Waals surface area contributed by atoms with Gasteiger partial charge in [0.15, 0.2) is 6.29 Å². The fourth-order valence-corrected chi connectivity index (χ4v) is 1.35. The smallest absolute Gasteiger partial charge is 0.173 e. The summed E-state index contributed by atoms with van der Waals surface area (Å²) in [5, 5.41) is 3.23. The van der Waals surface area contributed by atoms with Crippen LogP contribution in [0.4, 0.5) is 0 Å². The summed E-state index contributed by atoms with van der Waals surface area (Å²) in [7, 11) is 3.27. The molecule has 0 bridgehead atoms. The van der Waals surface area contributed by atoms with E-state index in [9.17, 15) is 0 Å². The number of hydrogen-bond acceptors (Lipinski definition) is 4. The van der Waals surface area contributed by atoms with Gasteiger partial charge >= 0.3 is 0 Å². The fraction of sp³-hybridized carbons (Fsp3) is 0.889. The van der Waals surface area contributed by atoms with Crippen molar-refractivity contribution in [2.24, 2.45) is 10.9 Å². The first kappa shape index (κ1) is 10.5. The first-order chi connectivity index (χ1) is 6.27. The Hall–Kier alpha value is -0.610. The van der Waals surface area contributed by atoms with Gasteiger partial charge in [0.25, 0.3) is 0 Å². The highest BCUT2D eigenvalue weighted by atomic mass is 16.7. The molecule has 4 nitrogen and oxygen atoms in total. The van der Waals surface area contributed by atoms with Gasteiger partial charge < -0.3 is 14.8 Å². The van der Waals surface area contributed by atoms with E-state index >= 15 is 0 Å². The summed E-state index contributed by atoms with van der Waals surface area (Å²) in [5.41, 5.74) is 0. The van der Waals surface area contributed by atoms with Gasteiger partial charge in [0.1, 0.15) is 0 Å². The molecule has 0 aromatic heterocycles. The molecule has 0 aromatic rings. The molecule has 0 unspecified atom stereocenters. The van der Waals surface area contributed by atoms with Crippen LogP contribution in [0.5, 0.6) is 0 Å². The molecule has 1 heterocycles. The molecule has 76 valence electrons. The summed E-state index contributed by atoms with van der Waals surface area (Å²) >= 11 is 0. The molecule has 1 rings (SSSR count). The van der Waals surface area contributed by atoms with Crippen LogP contribution in [0.3, 0.4) is 0 Å². The van der Waals surface area contributed by atoms with Crippen molar-refractivity contribution >= 4 is 5.84 Å². The summed E-state index contributed by atoms with van der Waals surface area (Å²) in [4.78, 5) is 4.35. The van der Waals surface area contributed by atoms with Gasteiger partial charge in [0.05, 0.1) is 12.4 Å². The van der Waals surface area contributed by atoms with E-state index in [2.05, 4.69) is 17.2 Å². The Morgan fingerprint density at radius 3 is 2.69 bits per heavy atom. The van der Waals surface area contributed by atoms with E-state index in [1.807, 2.05) is 0 Å². The molecule has 1 atom stereocenters. The Bertz CT molecular complexity index is 178. The van der Waals surface area contributed by atoms with Crippen LogP contribution in [0, 0.1) is 5.92 Å². The third-order valence-electron chi connectivity index (χ3n) is 2.29. The minimum Gasteiger partial charge on any atom is -0.369 e. The standard InChI is InChI=1S/C9H18N2O2/c1-7-4-5-10-9(7)11-6-8(12-2)13-3/h7-8H,4-6H2,1-3H3,(H,10,11)/t7-/m0/s1. The summed E-state index contributed by atoms with van der Waals surface area (Å²) in [5.74, 6) is 1.63. The second-order valence-corrected chi connectivity index (χ2v) is 3.24. The summed E-state index contributed by atoms with van der Waals surface area (Å²) in [6, 6.07) is 0. The lowest BCUT2D eigenvalue weighted by Gasteiger charge is -2.16. The topological polar surface area (TPSA) is 42.8 Å². The molecular weight excluding hydrogens is 168 g/mol. The predicted octanol–water partition coefficient (Wildman–Crippen LogP) is 0.633. The zero-order valence-corrected chi connectivity index (χ0v) is 8.54. The van der Waals surface area contributed by atoms with Crippen molar-refractivity contribution in [3.05, 3.63) is 0 Å². The molecular formula is C9H18N2O2. The van der Waals surface area contributed by atoms with Crippen LogP contribution in [0.25, 0.3) is 0 Å². The Kier molecular flexibility index (Phi) is 4.18. The van der Waals surface area contributed by atoms with Crippen molar-refractivity contribution in [1.82, 2.24) is 5.32 Å². The molecule has 0 fully saturated rings. The Morgan fingerprint density at radius 2 is 2.23 bits per heavy atom. The van der Waals surface area contributed by atoms with Gasteiger partial charge in [-0.15, -0.1) is 0 Å². The van der Waals surface area contributed by atoms with E-state index in [-0.39, 0.29) is 6.29 Å². The molecule has 0 saturated heterocycles. The maximum atomic E-state index is 5.05. The molecule has 0 aliphatic carbocycles. The van der Waals surface area contributed by atoms with E-state index < -0.39 is 0 Å². The van der Waals surface area contributed by atoms with Gasteiger partial charge in [-0.1, -0.05) is 6.92 Å². The molecule has 0 aromatic carbocycles. The zero-order chi connectivity index (χ0) is 9.68. The summed E-state index contributed by atoms with van der Waals surface area (Å²) in [6.45, 7) is 3.78. The van der Waals surface area contributed by atoms with Crippen LogP contribution in [-0.2, 0) is 9.47 Å². The van der Waals surface area contributed by atoms with Gasteiger partial charge in [-0.3, -0.25) is 4.99 Å². The molecule has 1 aliphatic heterocycles. The normalized spacial score (nSPS) is 22.2. The number of rotatable bonds is 4. The minimum absolute atomic E-state index is 0.185. The highest BCUT2D eigenvalue weighted by Crippen LogP contribution is 2.10. The van der Waals surface area contributed by atoms with E-state index in [1.54, 1.807) is 14.2 Å². The molecule has 1 aliphatic rings. The minimum atomic E-state index is -0.185. The predicted molar refractivity (Wildman–Crippen MR) is 51.9 cm³/mol. The number of hydrogen-bond donors (Lipinski definition) is 1. The molecule has 0 saturated carbocycles. The SMILES string of the molecule is COC(CNC1=NCC[C@@H]1C)OC. The lowest BCUT2D eigenvalue weighted by atomic mass is 10.1. The fourth-order valence-electron chi connectivity index (χ4n) is 1.35. The van der Waals surface area contributed by atoms with Gasteiger partial charge in [-0.25, -0.2) is 0 Å². The van der Waals surface area contributed by atoms with Crippen LogP contribution >= 0.6 is 0 Å². The zero-order valence-electron chi connectivity index (χ0n) is 8.54. The largest absolute Gasteiger partial charge is 0.369 e. The van der Waals surface area contributed by atoms with E-state index in [0.29, 0.717) is 12.5 Å². The molecule has 13 heavy (non-hydrogen) atoms. The van der Waals surface area contributed by atoms with E-state index in [4.69, 9.17) is 9.47 Å². The van der Waals surface area contributed by atoms with E-state index in [1.165, 1.54) is 0 Å². The van der Waals surface area contributed by atoms with Crippen LogP contribution in [-0.4, -0.2) is 39.4 Å². The summed E-state index contributed by atoms with van der Waals surface area (Å²) in [6.07, 6.45) is 0.961. The number of amidine groups is 1. The highest BCUT2D eigenvalue weighted by Gasteiger charge is 2.16. The lowest BCUT2D eigenvalue weighted by molar-refractivity contribution is -0.0966. The lowest BCUT2D eigenvalue weighted by Crippen LogP contribution is -2.35. The average molecular weight is 186 g/mol. The second kappa shape index (κ2) is 5.19. The average Bonchev–Trinajstić information content (AvgIpc) is 2.54. The molecule has 0 spiro atoms. The molecule has 0 amide bonds. The van der Waals surface area contributed by atoms with Crippen molar-refractivity contribution < 1.29 is 9.47 Å². The number of nitrogens with zero attached hydrogens (tertiary/aromatic N) is 1. The van der Waals surface area contributed by atoms with Gasteiger partial charge in [-0.2, -0.15) is 0 Å². The second-order valence-electron chi connectivity index (χ2n) is 3.24. The Morgan fingerprint density at radius 1 is 1.54 bits per heavy atom. The number of aliphatic imine (C=N–C) groups is 1. The van der Waals surface area contributed by atoms with Crippen LogP contribution < -0.4 is 5.32 Å².